The Hall–Kier alpha value is -0.920. The summed E-state index contributed by atoms with van der Waals surface area (Å²) in [6, 6.07) is 0.281. The average Bonchev–Trinajstić information content (AvgIpc) is 2.11. The molecular weight excluding hydrogens is 136 g/mol. The Labute approximate surface area is 67.7 Å². The molecule has 0 saturated carbocycles. The third-order valence-electron chi connectivity index (χ3n) is 1.67. The predicted octanol–water partition coefficient (Wildman–Crippen LogP) is 3.08. The van der Waals surface area contributed by atoms with Gasteiger partial charge in [-0.1, -0.05) is 18.6 Å². The quantitative estimate of drug-likeness (QED) is 0.548. The maximum absolute atomic E-state index is 4.15. The van der Waals surface area contributed by atoms with Crippen molar-refractivity contribution in [2.75, 3.05) is 0 Å². The highest BCUT2D eigenvalue weighted by atomic mass is 15.1. The fourth-order valence-electron chi connectivity index (χ4n) is 1.11. The molecule has 1 unspecified atom stereocenters. The lowest BCUT2D eigenvalue weighted by Crippen LogP contribution is -1.95. The van der Waals surface area contributed by atoms with Gasteiger partial charge in [0.05, 0.1) is 11.7 Å². The molecule has 0 spiro atoms. The van der Waals surface area contributed by atoms with Gasteiger partial charge in [-0.2, -0.15) is 10.2 Å². The van der Waals surface area contributed by atoms with Crippen LogP contribution in [0, 0.1) is 0 Å². The Morgan fingerprint density at radius 3 is 2.82 bits per heavy atom. The topological polar surface area (TPSA) is 24.7 Å². The number of hydrogen-bond acceptors (Lipinski definition) is 2. The Kier molecular flexibility index (Phi) is 2.58. The van der Waals surface area contributed by atoms with Crippen molar-refractivity contribution in [3.63, 3.8) is 0 Å². The molecule has 0 aromatic carbocycles. The molecule has 0 saturated heterocycles. The van der Waals surface area contributed by atoms with Gasteiger partial charge in [0.25, 0.3) is 0 Å². The minimum absolute atomic E-state index is 0.281. The van der Waals surface area contributed by atoms with E-state index in [1.165, 1.54) is 5.57 Å². The zero-order chi connectivity index (χ0) is 8.27. The van der Waals surface area contributed by atoms with E-state index in [-0.39, 0.29) is 6.04 Å². The predicted molar refractivity (Wildman–Crippen MR) is 46.4 cm³/mol. The van der Waals surface area contributed by atoms with Crippen LogP contribution in [-0.2, 0) is 0 Å². The van der Waals surface area contributed by atoms with E-state index in [4.69, 9.17) is 0 Å². The molecular formula is C9H14N2. The van der Waals surface area contributed by atoms with Crippen molar-refractivity contribution in [1.29, 1.82) is 0 Å². The SMILES string of the molecule is CCC1C=C(C)C=C(C)N=N1. The summed E-state index contributed by atoms with van der Waals surface area (Å²) in [5.74, 6) is 0. The molecule has 2 nitrogen and oxygen atoms in total. The van der Waals surface area contributed by atoms with Crippen LogP contribution in [-0.4, -0.2) is 6.04 Å². The van der Waals surface area contributed by atoms with Crippen molar-refractivity contribution in [1.82, 2.24) is 0 Å². The van der Waals surface area contributed by atoms with E-state index in [0.717, 1.165) is 12.1 Å². The van der Waals surface area contributed by atoms with E-state index in [1.807, 2.05) is 6.92 Å². The first kappa shape index (κ1) is 8.18. The highest BCUT2D eigenvalue weighted by molar-refractivity contribution is 5.23. The minimum Gasteiger partial charge on any atom is -0.181 e. The minimum atomic E-state index is 0.281. The van der Waals surface area contributed by atoms with Crippen molar-refractivity contribution >= 4 is 0 Å². The van der Waals surface area contributed by atoms with Gasteiger partial charge < -0.3 is 0 Å². The van der Waals surface area contributed by atoms with E-state index in [2.05, 4.69) is 36.2 Å². The summed E-state index contributed by atoms with van der Waals surface area (Å²) in [5, 5.41) is 8.21. The molecule has 0 aromatic heterocycles. The lowest BCUT2D eigenvalue weighted by molar-refractivity contribution is 0.735. The van der Waals surface area contributed by atoms with E-state index >= 15 is 0 Å². The fraction of sp³-hybridized carbons (Fsp3) is 0.556. The van der Waals surface area contributed by atoms with Crippen LogP contribution in [0.25, 0.3) is 0 Å². The van der Waals surface area contributed by atoms with E-state index < -0.39 is 0 Å². The second kappa shape index (κ2) is 3.46. The van der Waals surface area contributed by atoms with Crippen LogP contribution in [0.3, 0.4) is 0 Å². The first-order valence-electron chi connectivity index (χ1n) is 4.00. The molecule has 11 heavy (non-hydrogen) atoms. The van der Waals surface area contributed by atoms with Gasteiger partial charge in [0.2, 0.25) is 0 Å². The van der Waals surface area contributed by atoms with E-state index in [9.17, 15) is 0 Å². The zero-order valence-electron chi connectivity index (χ0n) is 7.33. The number of azo groups is 1. The summed E-state index contributed by atoms with van der Waals surface area (Å²) in [5.41, 5.74) is 2.26. The summed E-state index contributed by atoms with van der Waals surface area (Å²) >= 11 is 0. The smallest absolute Gasteiger partial charge is 0.0895 e. The molecule has 0 bridgehead atoms. The molecule has 1 aliphatic heterocycles. The molecule has 0 fully saturated rings. The van der Waals surface area contributed by atoms with Crippen LogP contribution in [0.5, 0.6) is 0 Å². The summed E-state index contributed by atoms with van der Waals surface area (Å²) in [7, 11) is 0. The van der Waals surface area contributed by atoms with Crippen molar-refractivity contribution < 1.29 is 0 Å². The molecule has 0 aliphatic carbocycles. The Balaban J connectivity index is 2.83. The maximum Gasteiger partial charge on any atom is 0.0895 e. The van der Waals surface area contributed by atoms with Gasteiger partial charge in [0, 0.05) is 0 Å². The molecule has 1 aliphatic rings. The van der Waals surface area contributed by atoms with Crippen molar-refractivity contribution in [2.45, 2.75) is 33.2 Å². The van der Waals surface area contributed by atoms with Gasteiger partial charge in [-0.3, -0.25) is 0 Å². The van der Waals surface area contributed by atoms with Crippen LogP contribution < -0.4 is 0 Å². The third-order valence-corrected chi connectivity index (χ3v) is 1.67. The van der Waals surface area contributed by atoms with Gasteiger partial charge in [-0.05, 0) is 26.3 Å². The molecule has 1 atom stereocenters. The monoisotopic (exact) mass is 150 g/mol. The molecule has 2 heteroatoms. The average molecular weight is 150 g/mol. The number of rotatable bonds is 1. The van der Waals surface area contributed by atoms with E-state index in [0.29, 0.717) is 0 Å². The second-order valence-corrected chi connectivity index (χ2v) is 2.89. The first-order valence-corrected chi connectivity index (χ1v) is 4.00. The molecule has 60 valence electrons. The van der Waals surface area contributed by atoms with Crippen LogP contribution >= 0.6 is 0 Å². The van der Waals surface area contributed by atoms with Crippen molar-refractivity contribution in [2.24, 2.45) is 10.2 Å². The lowest BCUT2D eigenvalue weighted by atomic mass is 10.1. The van der Waals surface area contributed by atoms with Gasteiger partial charge >= 0.3 is 0 Å². The number of hydrogen-bond donors (Lipinski definition) is 0. The fourth-order valence-corrected chi connectivity index (χ4v) is 1.11. The number of nitrogens with zero attached hydrogens (tertiary/aromatic N) is 2. The standard InChI is InChI=1S/C9H14N2/c1-4-9-6-7(2)5-8(3)10-11-9/h5-6,9H,4H2,1-3H3. The second-order valence-electron chi connectivity index (χ2n) is 2.89. The Bertz CT molecular complexity index is 224. The third kappa shape index (κ3) is 2.30. The molecule has 0 radical (unpaired) electrons. The van der Waals surface area contributed by atoms with Gasteiger partial charge in [0.15, 0.2) is 0 Å². The van der Waals surface area contributed by atoms with Crippen LogP contribution in [0.15, 0.2) is 33.7 Å². The molecule has 0 amide bonds. The molecule has 0 aromatic rings. The summed E-state index contributed by atoms with van der Waals surface area (Å²) < 4.78 is 0. The Morgan fingerprint density at radius 2 is 2.18 bits per heavy atom. The van der Waals surface area contributed by atoms with Gasteiger partial charge in [0.1, 0.15) is 0 Å². The molecule has 1 heterocycles. The largest absolute Gasteiger partial charge is 0.181 e. The Morgan fingerprint density at radius 1 is 1.45 bits per heavy atom. The van der Waals surface area contributed by atoms with Crippen LogP contribution in [0.4, 0.5) is 0 Å². The van der Waals surface area contributed by atoms with Crippen LogP contribution in [0.1, 0.15) is 27.2 Å². The molecule has 1 rings (SSSR count). The van der Waals surface area contributed by atoms with Crippen LogP contribution in [0.2, 0.25) is 0 Å². The molecule has 0 N–H and O–H groups in total. The normalized spacial score (nSPS) is 24.1. The highest BCUT2D eigenvalue weighted by Gasteiger charge is 2.02. The van der Waals surface area contributed by atoms with Gasteiger partial charge in [-0.15, -0.1) is 0 Å². The van der Waals surface area contributed by atoms with Crippen molar-refractivity contribution in [3.05, 3.63) is 23.4 Å². The summed E-state index contributed by atoms with van der Waals surface area (Å²) in [4.78, 5) is 0. The van der Waals surface area contributed by atoms with E-state index in [1.54, 1.807) is 0 Å². The number of allylic oxidation sites excluding steroid dienone is 3. The maximum atomic E-state index is 4.15. The van der Waals surface area contributed by atoms with Gasteiger partial charge in [-0.25, -0.2) is 0 Å². The lowest BCUT2D eigenvalue weighted by Gasteiger charge is -1.99. The summed E-state index contributed by atoms with van der Waals surface area (Å²) in [6.45, 7) is 6.18. The first-order chi connectivity index (χ1) is 5.22. The highest BCUT2D eigenvalue weighted by Crippen LogP contribution is 2.13. The zero-order valence-corrected chi connectivity index (χ0v) is 7.33. The summed E-state index contributed by atoms with van der Waals surface area (Å²) in [6.07, 6.45) is 5.24. The van der Waals surface area contributed by atoms with Crippen molar-refractivity contribution in [3.8, 4) is 0 Å².